The summed E-state index contributed by atoms with van der Waals surface area (Å²) in [5, 5.41) is 3.74. The van der Waals surface area contributed by atoms with Crippen LogP contribution in [-0.2, 0) is 19.4 Å². The van der Waals surface area contributed by atoms with E-state index in [1.165, 1.54) is 11.3 Å². The normalized spacial score (nSPS) is 19.0. The van der Waals surface area contributed by atoms with E-state index in [9.17, 15) is 13.2 Å². The topological polar surface area (TPSA) is 72.5 Å². The van der Waals surface area contributed by atoms with Gasteiger partial charge in [-0.25, -0.2) is 8.42 Å². The first kappa shape index (κ1) is 19.1. The fourth-order valence-corrected chi connectivity index (χ4v) is 5.96. The summed E-state index contributed by atoms with van der Waals surface area (Å²) in [6.07, 6.45) is 3.20. The van der Waals surface area contributed by atoms with E-state index < -0.39 is 15.1 Å². The second-order valence-electron chi connectivity index (χ2n) is 6.37. The molecule has 1 aliphatic rings. The van der Waals surface area contributed by atoms with Gasteiger partial charge in [0.15, 0.2) is 9.84 Å². The van der Waals surface area contributed by atoms with Crippen molar-refractivity contribution in [2.75, 3.05) is 13.2 Å². The number of rotatable bonds is 7. The lowest BCUT2D eigenvalue weighted by Crippen LogP contribution is -2.34. The molecular weight excluding hydrogens is 370 g/mol. The van der Waals surface area contributed by atoms with Crippen molar-refractivity contribution in [2.24, 2.45) is 0 Å². The molecule has 0 aliphatic carbocycles. The van der Waals surface area contributed by atoms with E-state index in [1.54, 1.807) is 29.6 Å². The lowest BCUT2D eigenvalue weighted by atomic mass is 10.1. The van der Waals surface area contributed by atoms with Crippen molar-refractivity contribution < 1.29 is 17.9 Å². The molecule has 5 nitrogen and oxygen atoms in total. The van der Waals surface area contributed by atoms with E-state index in [-0.39, 0.29) is 25.0 Å². The summed E-state index contributed by atoms with van der Waals surface area (Å²) < 4.78 is 32.0. The maximum absolute atomic E-state index is 13.0. The smallest absolute Gasteiger partial charge is 0.222 e. The van der Waals surface area contributed by atoms with E-state index in [2.05, 4.69) is 5.32 Å². The number of carbonyl (C=O) groups excluding carboxylic acids is 1. The minimum atomic E-state index is -3.57. The van der Waals surface area contributed by atoms with Crippen molar-refractivity contribution in [3.63, 3.8) is 0 Å². The Morgan fingerprint density at radius 3 is 2.65 bits per heavy atom. The lowest BCUT2D eigenvalue weighted by Gasteiger charge is -2.23. The Labute approximate surface area is 158 Å². The largest absolute Gasteiger partial charge is 0.378 e. The van der Waals surface area contributed by atoms with Gasteiger partial charge in [-0.1, -0.05) is 36.4 Å². The van der Waals surface area contributed by atoms with Crippen LogP contribution in [0.15, 0.2) is 52.1 Å². The molecule has 0 saturated carbocycles. The van der Waals surface area contributed by atoms with Gasteiger partial charge in [0.25, 0.3) is 0 Å². The van der Waals surface area contributed by atoms with E-state index in [1.807, 2.05) is 18.2 Å². The van der Waals surface area contributed by atoms with Crippen LogP contribution in [0, 0.1) is 0 Å². The average Bonchev–Trinajstić information content (AvgIpc) is 3.19. The second-order valence-corrected chi connectivity index (χ2v) is 9.68. The average molecular weight is 394 g/mol. The van der Waals surface area contributed by atoms with Crippen LogP contribution in [0.5, 0.6) is 0 Å². The molecule has 2 aromatic rings. The summed E-state index contributed by atoms with van der Waals surface area (Å²) >= 11 is 1.19. The number of ether oxygens (including phenoxy) is 1. The Balaban J connectivity index is 1.71. The van der Waals surface area contributed by atoms with Gasteiger partial charge in [-0.15, -0.1) is 11.3 Å². The maximum Gasteiger partial charge on any atom is 0.222 e. The highest BCUT2D eigenvalue weighted by Crippen LogP contribution is 2.31. The number of carbonyl (C=O) groups is 1. The molecule has 7 heteroatoms. The fourth-order valence-electron chi connectivity index (χ4n) is 3.09. The highest BCUT2D eigenvalue weighted by Gasteiger charge is 2.30. The summed E-state index contributed by atoms with van der Waals surface area (Å²) in [5.41, 5.74) is 0.676. The lowest BCUT2D eigenvalue weighted by molar-refractivity contribution is -0.124. The zero-order chi connectivity index (χ0) is 18.4. The molecule has 0 bridgehead atoms. The van der Waals surface area contributed by atoms with Crippen molar-refractivity contribution in [1.29, 1.82) is 0 Å². The molecule has 26 heavy (non-hydrogen) atoms. The van der Waals surface area contributed by atoms with Crippen LogP contribution in [0.25, 0.3) is 0 Å². The van der Waals surface area contributed by atoms with Gasteiger partial charge in [-0.05, 0) is 36.3 Å². The molecule has 1 aromatic heterocycles. The fraction of sp³-hybridized carbons (Fsp3) is 0.421. The van der Waals surface area contributed by atoms with Gasteiger partial charge in [0.1, 0.15) is 9.46 Å². The standard InChI is InChI=1S/C19H23NO4S2/c21-18(13-16-9-4-5-11-24-16)20-14-17(15-7-2-1-3-8-15)26(22,23)19-10-6-12-25-19/h1-3,6-8,10,12,16-17H,4-5,9,11,13-14H2,(H,20,21). The minimum absolute atomic E-state index is 0.0514. The van der Waals surface area contributed by atoms with Crippen molar-refractivity contribution in [1.82, 2.24) is 5.32 Å². The third-order valence-electron chi connectivity index (χ3n) is 4.49. The molecule has 1 N–H and O–H groups in total. The van der Waals surface area contributed by atoms with Crippen LogP contribution >= 0.6 is 11.3 Å². The highest BCUT2D eigenvalue weighted by atomic mass is 32.2. The monoisotopic (exact) mass is 393 g/mol. The predicted octanol–water partition coefficient (Wildman–Crippen LogP) is 3.34. The molecule has 1 aliphatic heterocycles. The quantitative estimate of drug-likeness (QED) is 0.783. The molecule has 1 aromatic carbocycles. The van der Waals surface area contributed by atoms with Crippen LogP contribution in [-0.4, -0.2) is 33.6 Å². The van der Waals surface area contributed by atoms with Crippen LogP contribution in [0.1, 0.15) is 36.5 Å². The third-order valence-corrected chi connectivity index (χ3v) is 8.03. The van der Waals surface area contributed by atoms with Crippen LogP contribution in [0.4, 0.5) is 0 Å². The molecular formula is C19H23NO4S2. The van der Waals surface area contributed by atoms with Crippen LogP contribution in [0.2, 0.25) is 0 Å². The van der Waals surface area contributed by atoms with E-state index >= 15 is 0 Å². The molecule has 1 saturated heterocycles. The highest BCUT2D eigenvalue weighted by molar-refractivity contribution is 7.93. The van der Waals surface area contributed by atoms with Gasteiger partial charge in [0.05, 0.1) is 12.5 Å². The predicted molar refractivity (Wildman–Crippen MR) is 102 cm³/mol. The summed E-state index contributed by atoms with van der Waals surface area (Å²) in [4.78, 5) is 12.3. The molecule has 3 rings (SSSR count). The van der Waals surface area contributed by atoms with Gasteiger partial charge in [0, 0.05) is 13.2 Å². The molecule has 1 amide bonds. The van der Waals surface area contributed by atoms with E-state index in [0.29, 0.717) is 16.4 Å². The number of thiophene rings is 1. The van der Waals surface area contributed by atoms with Gasteiger partial charge in [0.2, 0.25) is 5.91 Å². The Hall–Kier alpha value is -1.70. The molecule has 0 radical (unpaired) electrons. The Morgan fingerprint density at radius 1 is 1.19 bits per heavy atom. The number of hydrogen-bond acceptors (Lipinski definition) is 5. The number of amides is 1. The zero-order valence-electron chi connectivity index (χ0n) is 14.5. The number of benzene rings is 1. The SMILES string of the molecule is O=C(CC1CCCCO1)NCC(c1ccccc1)S(=O)(=O)c1cccs1. The first-order valence-corrected chi connectivity index (χ1v) is 11.2. The van der Waals surface area contributed by atoms with Gasteiger partial charge in [-0.3, -0.25) is 4.79 Å². The van der Waals surface area contributed by atoms with Gasteiger partial charge in [-0.2, -0.15) is 0 Å². The maximum atomic E-state index is 13.0. The minimum Gasteiger partial charge on any atom is -0.378 e. The summed E-state index contributed by atoms with van der Waals surface area (Å²) in [6, 6.07) is 12.4. The molecule has 140 valence electrons. The Bertz CT molecular complexity index is 797. The van der Waals surface area contributed by atoms with Crippen molar-refractivity contribution in [3.05, 3.63) is 53.4 Å². The molecule has 2 atom stereocenters. The second kappa shape index (κ2) is 8.79. The summed E-state index contributed by atoms with van der Waals surface area (Å²) in [6.45, 7) is 0.743. The van der Waals surface area contributed by atoms with E-state index in [4.69, 9.17) is 4.74 Å². The summed E-state index contributed by atoms with van der Waals surface area (Å²) in [7, 11) is -3.57. The van der Waals surface area contributed by atoms with Crippen LogP contribution < -0.4 is 5.32 Å². The van der Waals surface area contributed by atoms with E-state index in [0.717, 1.165) is 19.3 Å². The van der Waals surface area contributed by atoms with Crippen molar-refractivity contribution in [3.8, 4) is 0 Å². The Kier molecular flexibility index (Phi) is 6.45. The Morgan fingerprint density at radius 2 is 2.00 bits per heavy atom. The molecule has 1 fully saturated rings. The van der Waals surface area contributed by atoms with Gasteiger partial charge >= 0.3 is 0 Å². The number of nitrogens with one attached hydrogen (secondary N) is 1. The molecule has 2 unspecified atom stereocenters. The van der Waals surface area contributed by atoms with Crippen molar-refractivity contribution in [2.45, 2.75) is 41.2 Å². The molecule has 0 spiro atoms. The first-order chi connectivity index (χ1) is 12.6. The van der Waals surface area contributed by atoms with Crippen LogP contribution in [0.3, 0.4) is 0 Å². The molecule has 2 heterocycles. The zero-order valence-corrected chi connectivity index (χ0v) is 16.1. The summed E-state index contributed by atoms with van der Waals surface area (Å²) in [5.74, 6) is -0.167. The van der Waals surface area contributed by atoms with Gasteiger partial charge < -0.3 is 10.1 Å². The number of sulfone groups is 1. The number of hydrogen-bond donors (Lipinski definition) is 1. The van der Waals surface area contributed by atoms with Crippen molar-refractivity contribution >= 4 is 27.1 Å². The first-order valence-electron chi connectivity index (χ1n) is 8.78. The third kappa shape index (κ3) is 4.72.